The van der Waals surface area contributed by atoms with Crippen molar-refractivity contribution in [3.8, 4) is 0 Å². The Kier molecular flexibility index (Phi) is 6.54. The summed E-state index contributed by atoms with van der Waals surface area (Å²) in [6.45, 7) is 7.91. The largest absolute Gasteiger partial charge is 0.368 e. The SMILES string of the molecule is CCNC(=NCCNc1ccc2ccccc2n1)N1CCN(c2ncccn2)CC1. The van der Waals surface area contributed by atoms with Crippen molar-refractivity contribution in [2.75, 3.05) is 56.0 Å². The van der Waals surface area contributed by atoms with E-state index in [9.17, 15) is 0 Å². The van der Waals surface area contributed by atoms with Gasteiger partial charge in [-0.15, -0.1) is 0 Å². The lowest BCUT2D eigenvalue weighted by molar-refractivity contribution is 0.370. The summed E-state index contributed by atoms with van der Waals surface area (Å²) in [5, 5.41) is 7.94. The summed E-state index contributed by atoms with van der Waals surface area (Å²) in [6, 6.07) is 14.1. The predicted molar refractivity (Wildman–Crippen MR) is 122 cm³/mol. The lowest BCUT2D eigenvalue weighted by Crippen LogP contribution is -2.53. The topological polar surface area (TPSA) is 81.6 Å². The van der Waals surface area contributed by atoms with Crippen molar-refractivity contribution in [3.05, 3.63) is 54.9 Å². The van der Waals surface area contributed by atoms with Crippen LogP contribution in [-0.2, 0) is 0 Å². The Morgan fingerprint density at radius 1 is 1.00 bits per heavy atom. The number of pyridine rings is 1. The van der Waals surface area contributed by atoms with Crippen molar-refractivity contribution in [1.82, 2.24) is 25.2 Å². The van der Waals surface area contributed by atoms with E-state index in [2.05, 4.69) is 54.4 Å². The smallest absolute Gasteiger partial charge is 0.225 e. The van der Waals surface area contributed by atoms with Crippen LogP contribution in [0.2, 0.25) is 0 Å². The zero-order valence-corrected chi connectivity index (χ0v) is 17.3. The molecule has 156 valence electrons. The Hall–Kier alpha value is -3.42. The number of piperazine rings is 1. The summed E-state index contributed by atoms with van der Waals surface area (Å²) in [5.41, 5.74) is 1.000. The fraction of sp³-hybridized carbons (Fsp3) is 0.364. The molecule has 0 unspecified atom stereocenters. The van der Waals surface area contributed by atoms with E-state index in [0.717, 1.165) is 67.9 Å². The molecule has 0 saturated carbocycles. The molecular formula is C22H28N8. The first-order chi connectivity index (χ1) is 14.8. The fourth-order valence-corrected chi connectivity index (χ4v) is 3.51. The molecule has 1 aliphatic rings. The maximum absolute atomic E-state index is 4.80. The number of aromatic nitrogens is 3. The highest BCUT2D eigenvalue weighted by Crippen LogP contribution is 2.14. The average molecular weight is 405 g/mol. The molecule has 0 bridgehead atoms. The molecule has 1 saturated heterocycles. The highest BCUT2D eigenvalue weighted by atomic mass is 15.4. The molecule has 3 heterocycles. The third-order valence-electron chi connectivity index (χ3n) is 5.03. The molecule has 0 amide bonds. The summed E-state index contributed by atoms with van der Waals surface area (Å²) in [7, 11) is 0. The molecule has 0 aliphatic carbocycles. The molecule has 1 aromatic carbocycles. The van der Waals surface area contributed by atoms with Crippen molar-refractivity contribution in [2.24, 2.45) is 4.99 Å². The van der Waals surface area contributed by atoms with Crippen LogP contribution in [0.4, 0.5) is 11.8 Å². The minimum atomic E-state index is 0.679. The first-order valence-corrected chi connectivity index (χ1v) is 10.5. The number of nitrogens with zero attached hydrogens (tertiary/aromatic N) is 6. The van der Waals surface area contributed by atoms with Gasteiger partial charge >= 0.3 is 0 Å². The van der Waals surface area contributed by atoms with Gasteiger partial charge in [0.15, 0.2) is 5.96 Å². The van der Waals surface area contributed by atoms with Gasteiger partial charge in [0, 0.05) is 57.0 Å². The number of benzene rings is 1. The van der Waals surface area contributed by atoms with Gasteiger partial charge in [0.1, 0.15) is 5.82 Å². The van der Waals surface area contributed by atoms with Crippen LogP contribution in [0, 0.1) is 0 Å². The Balaban J connectivity index is 1.30. The van der Waals surface area contributed by atoms with Crippen LogP contribution < -0.4 is 15.5 Å². The molecule has 1 fully saturated rings. The molecule has 1 aliphatic heterocycles. The Morgan fingerprint density at radius 3 is 2.60 bits per heavy atom. The van der Waals surface area contributed by atoms with Gasteiger partial charge in [-0.1, -0.05) is 18.2 Å². The van der Waals surface area contributed by atoms with Gasteiger partial charge in [0.25, 0.3) is 0 Å². The molecule has 0 radical (unpaired) electrons. The van der Waals surface area contributed by atoms with Crippen LogP contribution >= 0.6 is 0 Å². The molecule has 2 aromatic heterocycles. The van der Waals surface area contributed by atoms with E-state index in [1.54, 1.807) is 12.4 Å². The number of hydrogen-bond acceptors (Lipinski definition) is 6. The molecule has 2 N–H and O–H groups in total. The lowest BCUT2D eigenvalue weighted by atomic mass is 10.2. The molecule has 4 rings (SSSR count). The normalized spacial score (nSPS) is 14.8. The van der Waals surface area contributed by atoms with Gasteiger partial charge < -0.3 is 20.4 Å². The fourth-order valence-electron chi connectivity index (χ4n) is 3.51. The number of hydrogen-bond donors (Lipinski definition) is 2. The summed E-state index contributed by atoms with van der Waals surface area (Å²) < 4.78 is 0. The van der Waals surface area contributed by atoms with E-state index in [0.29, 0.717) is 6.54 Å². The quantitative estimate of drug-likeness (QED) is 0.370. The van der Waals surface area contributed by atoms with Gasteiger partial charge in [-0.05, 0) is 31.2 Å². The van der Waals surface area contributed by atoms with Crippen LogP contribution in [-0.4, -0.2) is 71.6 Å². The molecule has 0 spiro atoms. The van der Waals surface area contributed by atoms with E-state index < -0.39 is 0 Å². The van der Waals surface area contributed by atoms with E-state index in [1.807, 2.05) is 30.3 Å². The highest BCUT2D eigenvalue weighted by molar-refractivity contribution is 5.81. The number of nitrogens with one attached hydrogen (secondary N) is 2. The van der Waals surface area contributed by atoms with Gasteiger partial charge in [-0.25, -0.2) is 15.0 Å². The number of anilines is 2. The lowest BCUT2D eigenvalue weighted by Gasteiger charge is -2.36. The van der Waals surface area contributed by atoms with Crippen molar-refractivity contribution >= 4 is 28.6 Å². The Labute approximate surface area is 177 Å². The standard InChI is InChI=1S/C22H28N8/c1-2-23-21(29-14-16-30(17-15-29)22-25-10-5-11-26-22)27-13-12-24-20-9-8-18-6-3-4-7-19(18)28-20/h3-11H,2,12-17H2,1H3,(H,23,27)(H,24,28). The van der Waals surface area contributed by atoms with Gasteiger partial charge in [0.05, 0.1) is 12.1 Å². The molecular weight excluding hydrogens is 376 g/mol. The summed E-state index contributed by atoms with van der Waals surface area (Å²) >= 11 is 0. The van der Waals surface area contributed by atoms with Crippen LogP contribution in [0.15, 0.2) is 59.9 Å². The maximum Gasteiger partial charge on any atom is 0.225 e. The van der Waals surface area contributed by atoms with Crippen LogP contribution in [0.3, 0.4) is 0 Å². The van der Waals surface area contributed by atoms with E-state index in [1.165, 1.54) is 0 Å². The minimum absolute atomic E-state index is 0.679. The van der Waals surface area contributed by atoms with Gasteiger partial charge in [-0.2, -0.15) is 0 Å². The van der Waals surface area contributed by atoms with Crippen molar-refractivity contribution in [1.29, 1.82) is 0 Å². The second kappa shape index (κ2) is 9.87. The molecule has 8 heteroatoms. The van der Waals surface area contributed by atoms with Crippen LogP contribution in [0.1, 0.15) is 6.92 Å². The third-order valence-corrected chi connectivity index (χ3v) is 5.03. The van der Waals surface area contributed by atoms with Crippen molar-refractivity contribution in [3.63, 3.8) is 0 Å². The first kappa shape index (κ1) is 19.9. The average Bonchev–Trinajstić information content (AvgIpc) is 2.82. The number of rotatable bonds is 6. The number of aliphatic imine (C=N–C) groups is 1. The van der Waals surface area contributed by atoms with E-state index in [4.69, 9.17) is 4.99 Å². The van der Waals surface area contributed by atoms with Crippen LogP contribution in [0.25, 0.3) is 10.9 Å². The van der Waals surface area contributed by atoms with Crippen molar-refractivity contribution < 1.29 is 0 Å². The highest BCUT2D eigenvalue weighted by Gasteiger charge is 2.20. The zero-order valence-electron chi connectivity index (χ0n) is 17.3. The van der Waals surface area contributed by atoms with Crippen LogP contribution in [0.5, 0.6) is 0 Å². The predicted octanol–water partition coefficient (Wildman–Crippen LogP) is 2.22. The summed E-state index contributed by atoms with van der Waals surface area (Å²) in [4.78, 5) is 22.7. The summed E-state index contributed by atoms with van der Waals surface area (Å²) in [6.07, 6.45) is 3.58. The zero-order chi connectivity index (χ0) is 20.6. The Bertz CT molecular complexity index is 967. The second-order valence-corrected chi connectivity index (χ2v) is 7.07. The Morgan fingerprint density at radius 2 is 1.80 bits per heavy atom. The second-order valence-electron chi connectivity index (χ2n) is 7.07. The van der Waals surface area contributed by atoms with Gasteiger partial charge in [0.2, 0.25) is 5.95 Å². The number of fused-ring (bicyclic) bond motifs is 1. The molecule has 0 atom stereocenters. The molecule has 30 heavy (non-hydrogen) atoms. The third kappa shape index (κ3) is 4.94. The van der Waals surface area contributed by atoms with Gasteiger partial charge in [-0.3, -0.25) is 4.99 Å². The maximum atomic E-state index is 4.80. The minimum Gasteiger partial charge on any atom is -0.368 e. The first-order valence-electron chi connectivity index (χ1n) is 10.5. The molecule has 8 nitrogen and oxygen atoms in total. The van der Waals surface area contributed by atoms with E-state index >= 15 is 0 Å². The number of guanidine groups is 1. The van der Waals surface area contributed by atoms with Crippen molar-refractivity contribution in [2.45, 2.75) is 6.92 Å². The monoisotopic (exact) mass is 404 g/mol. The summed E-state index contributed by atoms with van der Waals surface area (Å²) in [5.74, 6) is 2.64. The number of para-hydroxylation sites is 1. The molecule has 3 aromatic rings. The van der Waals surface area contributed by atoms with E-state index in [-0.39, 0.29) is 0 Å².